The van der Waals surface area contributed by atoms with Gasteiger partial charge in [-0.1, -0.05) is 0 Å². The van der Waals surface area contributed by atoms with Crippen LogP contribution in [0.25, 0.3) is 11.0 Å². The summed E-state index contributed by atoms with van der Waals surface area (Å²) < 4.78 is 14.7. The number of rotatable bonds is 6. The van der Waals surface area contributed by atoms with Gasteiger partial charge in [0.15, 0.2) is 0 Å². The fourth-order valence-corrected chi connectivity index (χ4v) is 2.07. The van der Waals surface area contributed by atoms with Crippen molar-refractivity contribution in [1.82, 2.24) is 35.5 Å². The Labute approximate surface area is 124 Å². The minimum atomic E-state index is -0.325. The third kappa shape index (κ3) is 3.43. The highest BCUT2D eigenvalue weighted by Gasteiger charge is 2.06. The molecule has 0 aliphatic rings. The molecule has 0 aliphatic heterocycles. The van der Waals surface area contributed by atoms with E-state index in [0.717, 1.165) is 0 Å². The third-order valence-electron chi connectivity index (χ3n) is 3.13. The summed E-state index contributed by atoms with van der Waals surface area (Å²) in [5.41, 5.74) is 1.28. The molecule has 0 spiro atoms. The summed E-state index contributed by atoms with van der Waals surface area (Å²) in [7, 11) is 0. The Morgan fingerprint density at radius 1 is 1.41 bits per heavy atom. The third-order valence-corrected chi connectivity index (χ3v) is 3.13. The van der Waals surface area contributed by atoms with Gasteiger partial charge in [0, 0.05) is 13.0 Å². The van der Waals surface area contributed by atoms with Gasteiger partial charge in [0.1, 0.15) is 18.0 Å². The quantitative estimate of drug-likeness (QED) is 0.701. The molecule has 3 aromatic rings. The number of hydrogen-bond donors (Lipinski definition) is 2. The Balaban J connectivity index is 1.47. The van der Waals surface area contributed by atoms with Crippen molar-refractivity contribution in [1.29, 1.82) is 0 Å². The summed E-state index contributed by atoms with van der Waals surface area (Å²) in [6.45, 7) is 0.865. The number of benzene rings is 1. The molecule has 8 nitrogen and oxygen atoms in total. The number of carbonyl (C=O) groups is 1. The van der Waals surface area contributed by atoms with Gasteiger partial charge in [-0.25, -0.2) is 14.1 Å². The Morgan fingerprint density at radius 2 is 2.32 bits per heavy atom. The van der Waals surface area contributed by atoms with Crippen LogP contribution in [0.2, 0.25) is 0 Å². The average Bonchev–Trinajstić information content (AvgIpc) is 3.13. The number of carbonyl (C=O) groups excluding carboxylic acids is 1. The first-order valence-electron chi connectivity index (χ1n) is 6.82. The molecular weight excluding hydrogens is 289 g/mol. The van der Waals surface area contributed by atoms with E-state index in [1.807, 2.05) is 0 Å². The smallest absolute Gasteiger partial charge is 0.220 e. The van der Waals surface area contributed by atoms with Gasteiger partial charge < -0.3 is 10.3 Å². The second-order valence-electron chi connectivity index (χ2n) is 4.80. The fourth-order valence-electron chi connectivity index (χ4n) is 2.07. The van der Waals surface area contributed by atoms with Crippen molar-refractivity contribution in [3.8, 4) is 0 Å². The molecule has 0 unspecified atom stereocenters. The number of aromatic amines is 1. The number of imidazole rings is 1. The van der Waals surface area contributed by atoms with Crippen LogP contribution in [0.15, 0.2) is 24.5 Å². The second kappa shape index (κ2) is 6.29. The largest absolute Gasteiger partial charge is 0.349 e. The molecular formula is C13H14FN7O. The molecule has 1 amide bonds. The van der Waals surface area contributed by atoms with Gasteiger partial charge in [-0.15, -0.1) is 5.10 Å². The zero-order chi connectivity index (χ0) is 15.4. The molecule has 114 valence electrons. The van der Waals surface area contributed by atoms with Crippen molar-refractivity contribution in [2.45, 2.75) is 25.9 Å². The molecule has 2 aromatic heterocycles. The molecule has 1 aromatic carbocycles. The van der Waals surface area contributed by atoms with E-state index in [9.17, 15) is 9.18 Å². The molecule has 22 heavy (non-hydrogen) atoms. The first kappa shape index (κ1) is 14.1. The molecule has 0 aliphatic carbocycles. The van der Waals surface area contributed by atoms with E-state index in [1.54, 1.807) is 10.7 Å². The zero-order valence-corrected chi connectivity index (χ0v) is 11.7. The Bertz CT molecular complexity index is 768. The van der Waals surface area contributed by atoms with E-state index >= 15 is 0 Å². The first-order chi connectivity index (χ1) is 10.7. The number of tetrazole rings is 1. The highest BCUT2D eigenvalue weighted by Crippen LogP contribution is 2.12. The highest BCUT2D eigenvalue weighted by molar-refractivity contribution is 5.76. The van der Waals surface area contributed by atoms with Crippen molar-refractivity contribution in [2.24, 2.45) is 0 Å². The lowest BCUT2D eigenvalue weighted by Gasteiger charge is -2.03. The normalized spacial score (nSPS) is 11.0. The van der Waals surface area contributed by atoms with Crippen LogP contribution in [0, 0.1) is 5.82 Å². The summed E-state index contributed by atoms with van der Waals surface area (Å²) in [5.74, 6) is 0.184. The van der Waals surface area contributed by atoms with E-state index in [0.29, 0.717) is 36.2 Å². The molecule has 0 bridgehead atoms. The molecule has 9 heteroatoms. The molecule has 0 fully saturated rings. The maximum atomic E-state index is 13.1. The monoisotopic (exact) mass is 303 g/mol. The number of halogens is 1. The number of nitrogens with zero attached hydrogens (tertiary/aromatic N) is 5. The average molecular weight is 303 g/mol. The summed E-state index contributed by atoms with van der Waals surface area (Å²) in [6.07, 6.45) is 2.52. The molecule has 0 saturated carbocycles. The van der Waals surface area contributed by atoms with Crippen LogP contribution in [0.1, 0.15) is 18.7 Å². The number of hydrogen-bond acceptors (Lipinski definition) is 5. The van der Waals surface area contributed by atoms with Crippen molar-refractivity contribution >= 4 is 16.9 Å². The maximum Gasteiger partial charge on any atom is 0.220 e. The lowest BCUT2D eigenvalue weighted by molar-refractivity contribution is -0.121. The second-order valence-corrected chi connectivity index (χ2v) is 4.80. The van der Waals surface area contributed by atoms with E-state index in [4.69, 9.17) is 0 Å². The topological polar surface area (TPSA) is 101 Å². The minimum Gasteiger partial charge on any atom is -0.349 e. The number of fused-ring (bicyclic) bond motifs is 1. The number of nitrogens with one attached hydrogen (secondary N) is 2. The summed E-state index contributed by atoms with van der Waals surface area (Å²) in [4.78, 5) is 19.0. The molecule has 2 N–H and O–H groups in total. The van der Waals surface area contributed by atoms with Gasteiger partial charge in [-0.05, 0) is 35.0 Å². The summed E-state index contributed by atoms with van der Waals surface area (Å²) in [6, 6.07) is 4.32. The van der Waals surface area contributed by atoms with Crippen LogP contribution < -0.4 is 5.32 Å². The highest BCUT2D eigenvalue weighted by atomic mass is 19.1. The predicted molar refractivity (Wildman–Crippen MR) is 74.9 cm³/mol. The van der Waals surface area contributed by atoms with Crippen molar-refractivity contribution in [3.05, 3.63) is 36.2 Å². The van der Waals surface area contributed by atoms with Crippen LogP contribution >= 0.6 is 0 Å². The molecule has 0 saturated heterocycles. The van der Waals surface area contributed by atoms with E-state index < -0.39 is 0 Å². The zero-order valence-electron chi connectivity index (χ0n) is 11.7. The minimum absolute atomic E-state index is 0.0836. The molecule has 0 radical (unpaired) electrons. The van der Waals surface area contributed by atoms with Crippen LogP contribution in [-0.2, 0) is 17.9 Å². The van der Waals surface area contributed by atoms with Crippen LogP contribution in [0.4, 0.5) is 4.39 Å². The Hall–Kier alpha value is -2.84. The standard InChI is InChI=1S/C13H14FN7O/c14-9-3-4-10-11(6-9)18-12(17-10)7-15-13(22)2-1-5-21-8-16-19-20-21/h3-4,6,8H,1-2,5,7H2,(H,15,22)(H,17,18). The summed E-state index contributed by atoms with van der Waals surface area (Å²) in [5, 5.41) is 13.5. The van der Waals surface area contributed by atoms with E-state index in [2.05, 4.69) is 30.8 Å². The number of amides is 1. The lowest BCUT2D eigenvalue weighted by atomic mass is 10.3. The van der Waals surface area contributed by atoms with Crippen molar-refractivity contribution in [3.63, 3.8) is 0 Å². The summed E-state index contributed by atoms with van der Waals surface area (Å²) >= 11 is 0. The number of H-pyrrole nitrogens is 1. The van der Waals surface area contributed by atoms with Crippen LogP contribution in [-0.4, -0.2) is 36.1 Å². The molecule has 2 heterocycles. The van der Waals surface area contributed by atoms with Crippen molar-refractivity contribution < 1.29 is 9.18 Å². The molecule has 3 rings (SSSR count). The Kier molecular flexibility index (Phi) is 4.03. The van der Waals surface area contributed by atoms with Gasteiger partial charge in [-0.3, -0.25) is 4.79 Å². The van der Waals surface area contributed by atoms with Gasteiger partial charge in [-0.2, -0.15) is 0 Å². The predicted octanol–water partition coefficient (Wildman–Crippen LogP) is 0.785. The lowest BCUT2D eigenvalue weighted by Crippen LogP contribution is -2.23. The van der Waals surface area contributed by atoms with Gasteiger partial charge in [0.05, 0.1) is 17.6 Å². The van der Waals surface area contributed by atoms with E-state index in [-0.39, 0.29) is 18.3 Å². The molecule has 0 atom stereocenters. The number of aromatic nitrogens is 6. The maximum absolute atomic E-state index is 13.1. The van der Waals surface area contributed by atoms with Gasteiger partial charge in [0.25, 0.3) is 0 Å². The van der Waals surface area contributed by atoms with Crippen molar-refractivity contribution in [2.75, 3.05) is 0 Å². The van der Waals surface area contributed by atoms with Crippen LogP contribution in [0.5, 0.6) is 0 Å². The van der Waals surface area contributed by atoms with Crippen LogP contribution in [0.3, 0.4) is 0 Å². The fraction of sp³-hybridized carbons (Fsp3) is 0.308. The number of aryl methyl sites for hydroxylation is 1. The SMILES string of the molecule is O=C(CCCn1cnnn1)NCc1nc2ccc(F)cc2[nH]1. The van der Waals surface area contributed by atoms with Gasteiger partial charge >= 0.3 is 0 Å². The van der Waals surface area contributed by atoms with E-state index in [1.165, 1.54) is 18.5 Å². The van der Waals surface area contributed by atoms with Gasteiger partial charge in [0.2, 0.25) is 5.91 Å². The first-order valence-corrected chi connectivity index (χ1v) is 6.82. The Morgan fingerprint density at radius 3 is 3.14 bits per heavy atom.